The van der Waals surface area contributed by atoms with Crippen molar-refractivity contribution in [2.75, 3.05) is 31.6 Å². The number of fused-ring (bicyclic) bond motifs is 1. The van der Waals surface area contributed by atoms with Crippen LogP contribution in [0.15, 0.2) is 24.5 Å². The molecular formula is C15H16FN7. The summed E-state index contributed by atoms with van der Waals surface area (Å²) in [4.78, 5) is 10.6. The van der Waals surface area contributed by atoms with Gasteiger partial charge in [0.15, 0.2) is 5.65 Å². The second-order valence-electron chi connectivity index (χ2n) is 5.86. The lowest BCUT2D eigenvalue weighted by molar-refractivity contribution is 0.134. The summed E-state index contributed by atoms with van der Waals surface area (Å²) < 4.78 is 15.7. The minimum atomic E-state index is -0.482. The molecule has 0 unspecified atom stereocenters. The molecule has 1 aromatic carbocycles. The van der Waals surface area contributed by atoms with E-state index in [1.807, 2.05) is 11.7 Å². The number of nitrogens with two attached hydrogens (primary N) is 2. The van der Waals surface area contributed by atoms with Crippen molar-refractivity contribution in [3.63, 3.8) is 0 Å². The number of likely N-dealkylation sites (tertiary alicyclic amines) is 1. The molecule has 3 heterocycles. The molecule has 0 amide bonds. The van der Waals surface area contributed by atoms with Gasteiger partial charge in [-0.2, -0.15) is 5.10 Å². The van der Waals surface area contributed by atoms with Gasteiger partial charge in [0.25, 0.3) is 0 Å². The molecule has 0 aliphatic carbocycles. The Labute approximate surface area is 131 Å². The smallest absolute Gasteiger partial charge is 0.164 e. The van der Waals surface area contributed by atoms with Gasteiger partial charge in [-0.15, -0.1) is 0 Å². The molecule has 0 saturated carbocycles. The van der Waals surface area contributed by atoms with Crippen LogP contribution in [0, 0.1) is 5.82 Å². The molecule has 2 aromatic heterocycles. The first-order chi connectivity index (χ1) is 11.0. The van der Waals surface area contributed by atoms with Gasteiger partial charge in [-0.25, -0.2) is 19.0 Å². The Morgan fingerprint density at radius 2 is 2.00 bits per heavy atom. The van der Waals surface area contributed by atoms with Crippen molar-refractivity contribution < 1.29 is 4.39 Å². The molecule has 118 valence electrons. The van der Waals surface area contributed by atoms with Crippen molar-refractivity contribution in [2.45, 2.75) is 6.04 Å². The lowest BCUT2D eigenvalue weighted by atomic mass is 10.1. The molecule has 4 N–H and O–H groups in total. The Balaban J connectivity index is 1.93. The second kappa shape index (κ2) is 4.88. The zero-order valence-corrected chi connectivity index (χ0v) is 12.6. The molecule has 1 saturated heterocycles. The first-order valence-electron chi connectivity index (χ1n) is 7.27. The van der Waals surface area contributed by atoms with Crippen molar-refractivity contribution in [3.8, 4) is 11.3 Å². The third kappa shape index (κ3) is 2.10. The Kier molecular flexibility index (Phi) is 2.95. The summed E-state index contributed by atoms with van der Waals surface area (Å²) in [7, 11) is 2.04. The predicted octanol–water partition coefficient (Wildman–Crippen LogP) is 1.28. The maximum atomic E-state index is 13.8. The molecule has 8 heteroatoms. The van der Waals surface area contributed by atoms with Crippen LogP contribution >= 0.6 is 0 Å². The number of anilines is 2. The van der Waals surface area contributed by atoms with E-state index in [2.05, 4.69) is 20.0 Å². The summed E-state index contributed by atoms with van der Waals surface area (Å²) in [6, 6.07) is 4.83. The number of rotatable bonds is 2. The van der Waals surface area contributed by atoms with Crippen LogP contribution in [0.3, 0.4) is 0 Å². The van der Waals surface area contributed by atoms with Crippen LogP contribution in [0.5, 0.6) is 0 Å². The van der Waals surface area contributed by atoms with E-state index in [4.69, 9.17) is 11.5 Å². The largest absolute Gasteiger partial charge is 0.396 e. The maximum absolute atomic E-state index is 13.8. The quantitative estimate of drug-likeness (QED) is 0.692. The van der Waals surface area contributed by atoms with Crippen LogP contribution in [0.25, 0.3) is 22.3 Å². The Morgan fingerprint density at radius 1 is 1.22 bits per heavy atom. The average Bonchev–Trinajstić information content (AvgIpc) is 2.87. The van der Waals surface area contributed by atoms with Crippen LogP contribution in [-0.2, 0) is 0 Å². The van der Waals surface area contributed by atoms with E-state index >= 15 is 0 Å². The van der Waals surface area contributed by atoms with Crippen LogP contribution in [-0.4, -0.2) is 44.8 Å². The highest BCUT2D eigenvalue weighted by Gasteiger charge is 2.29. The van der Waals surface area contributed by atoms with Gasteiger partial charge < -0.3 is 16.4 Å². The van der Waals surface area contributed by atoms with E-state index in [0.717, 1.165) is 13.1 Å². The fourth-order valence-electron chi connectivity index (χ4n) is 2.95. The number of benzene rings is 1. The SMILES string of the molecule is CN1CC(n2nc(-c3ccc(N)c(F)c3)c3c(N)ncnc32)C1. The third-order valence-electron chi connectivity index (χ3n) is 4.18. The summed E-state index contributed by atoms with van der Waals surface area (Å²) in [5.74, 6) is -0.148. The number of nitrogens with zero attached hydrogens (tertiary/aromatic N) is 5. The minimum absolute atomic E-state index is 0.0994. The number of aromatic nitrogens is 4. The predicted molar refractivity (Wildman–Crippen MR) is 86.1 cm³/mol. The Hall–Kier alpha value is -2.74. The normalized spacial score (nSPS) is 15.9. The number of hydrogen-bond donors (Lipinski definition) is 2. The minimum Gasteiger partial charge on any atom is -0.396 e. The Morgan fingerprint density at radius 3 is 2.70 bits per heavy atom. The van der Waals surface area contributed by atoms with Gasteiger partial charge >= 0.3 is 0 Å². The summed E-state index contributed by atoms with van der Waals surface area (Å²) in [5, 5.41) is 5.29. The van der Waals surface area contributed by atoms with Crippen molar-refractivity contribution in [3.05, 3.63) is 30.3 Å². The number of halogens is 1. The van der Waals surface area contributed by atoms with Crippen molar-refractivity contribution in [1.82, 2.24) is 24.6 Å². The number of hydrogen-bond acceptors (Lipinski definition) is 6. The fraction of sp³-hybridized carbons (Fsp3) is 0.267. The molecule has 4 rings (SSSR count). The van der Waals surface area contributed by atoms with E-state index in [0.29, 0.717) is 28.1 Å². The molecule has 0 bridgehead atoms. The average molecular weight is 313 g/mol. The van der Waals surface area contributed by atoms with Crippen LogP contribution in [0.1, 0.15) is 6.04 Å². The molecule has 1 aliphatic rings. The van der Waals surface area contributed by atoms with E-state index in [1.54, 1.807) is 6.07 Å². The van der Waals surface area contributed by atoms with Gasteiger partial charge in [0, 0.05) is 18.7 Å². The highest BCUT2D eigenvalue weighted by molar-refractivity contribution is 5.98. The summed E-state index contributed by atoms with van der Waals surface area (Å²) in [6.07, 6.45) is 1.42. The Bertz CT molecular complexity index is 898. The highest BCUT2D eigenvalue weighted by atomic mass is 19.1. The van der Waals surface area contributed by atoms with E-state index < -0.39 is 5.82 Å². The molecule has 1 aliphatic heterocycles. The molecule has 0 spiro atoms. The maximum Gasteiger partial charge on any atom is 0.164 e. The van der Waals surface area contributed by atoms with E-state index in [-0.39, 0.29) is 11.7 Å². The van der Waals surface area contributed by atoms with Crippen LogP contribution in [0.4, 0.5) is 15.9 Å². The zero-order valence-electron chi connectivity index (χ0n) is 12.6. The molecule has 23 heavy (non-hydrogen) atoms. The van der Waals surface area contributed by atoms with Gasteiger partial charge in [0.05, 0.1) is 17.1 Å². The van der Waals surface area contributed by atoms with Gasteiger partial charge in [-0.1, -0.05) is 6.07 Å². The third-order valence-corrected chi connectivity index (χ3v) is 4.18. The topological polar surface area (TPSA) is 98.9 Å². The monoisotopic (exact) mass is 313 g/mol. The lowest BCUT2D eigenvalue weighted by Crippen LogP contribution is -2.45. The van der Waals surface area contributed by atoms with Crippen LogP contribution in [0.2, 0.25) is 0 Å². The molecule has 0 radical (unpaired) electrons. The van der Waals surface area contributed by atoms with Gasteiger partial charge in [-0.05, 0) is 19.2 Å². The number of nitrogen functional groups attached to an aromatic ring is 2. The second-order valence-corrected chi connectivity index (χ2v) is 5.86. The van der Waals surface area contributed by atoms with Crippen molar-refractivity contribution >= 4 is 22.5 Å². The van der Waals surface area contributed by atoms with E-state index in [9.17, 15) is 4.39 Å². The molecule has 0 atom stereocenters. The summed E-state index contributed by atoms with van der Waals surface area (Å²) in [6.45, 7) is 1.77. The van der Waals surface area contributed by atoms with Crippen molar-refractivity contribution in [1.29, 1.82) is 0 Å². The van der Waals surface area contributed by atoms with Gasteiger partial charge in [0.2, 0.25) is 0 Å². The lowest BCUT2D eigenvalue weighted by Gasteiger charge is -2.36. The molecular weight excluding hydrogens is 297 g/mol. The van der Waals surface area contributed by atoms with Crippen LogP contribution < -0.4 is 11.5 Å². The zero-order chi connectivity index (χ0) is 16.1. The molecule has 3 aromatic rings. The highest BCUT2D eigenvalue weighted by Crippen LogP contribution is 2.34. The number of likely N-dealkylation sites (N-methyl/N-ethyl adjacent to an activating group) is 1. The summed E-state index contributed by atoms with van der Waals surface area (Å²) >= 11 is 0. The molecule has 7 nitrogen and oxygen atoms in total. The fourth-order valence-corrected chi connectivity index (χ4v) is 2.95. The standard InChI is InChI=1S/C15H16FN7/c1-22-5-9(6-22)23-15-12(14(18)19-7-20-15)13(21-23)8-2-3-11(17)10(16)4-8/h2-4,7,9H,5-6,17H2,1H3,(H2,18,19,20). The van der Waals surface area contributed by atoms with Crippen molar-refractivity contribution in [2.24, 2.45) is 0 Å². The van der Waals surface area contributed by atoms with Gasteiger partial charge in [0.1, 0.15) is 23.7 Å². The first-order valence-corrected chi connectivity index (χ1v) is 7.27. The van der Waals surface area contributed by atoms with Gasteiger partial charge in [-0.3, -0.25) is 0 Å². The first kappa shape index (κ1) is 13.9. The van der Waals surface area contributed by atoms with E-state index in [1.165, 1.54) is 18.5 Å². The summed E-state index contributed by atoms with van der Waals surface area (Å²) in [5.41, 5.74) is 13.5. The molecule has 1 fully saturated rings.